The smallest absolute Gasteiger partial charge is 0.246 e. The topological polar surface area (TPSA) is 8.17 Å². The lowest BCUT2D eigenvalue weighted by Crippen LogP contribution is -2.55. The van der Waals surface area contributed by atoms with E-state index in [0.29, 0.717) is 0 Å². The van der Waals surface area contributed by atoms with Crippen molar-refractivity contribution in [2.75, 3.05) is 4.90 Å². The first-order chi connectivity index (χ1) is 19.4. The minimum absolute atomic E-state index is 0.165. The molecule has 0 fully saturated rings. The van der Waals surface area contributed by atoms with Crippen LogP contribution in [0, 0.1) is 0 Å². The number of nitrogens with zero attached hydrogens (tertiary/aromatic N) is 2. The highest BCUT2D eigenvalue weighted by Crippen LogP contribution is 2.35. The van der Waals surface area contributed by atoms with Crippen molar-refractivity contribution in [3.8, 4) is 5.69 Å². The van der Waals surface area contributed by atoms with Crippen molar-refractivity contribution < 1.29 is 0 Å². The van der Waals surface area contributed by atoms with Gasteiger partial charge >= 0.3 is 0 Å². The van der Waals surface area contributed by atoms with Gasteiger partial charge in [0.05, 0.1) is 5.52 Å². The zero-order valence-electron chi connectivity index (χ0n) is 21.4. The van der Waals surface area contributed by atoms with E-state index in [-0.39, 0.29) is 6.71 Å². The lowest BCUT2D eigenvalue weighted by Gasteiger charge is -2.28. The Hall–Kier alpha value is -5.02. The van der Waals surface area contributed by atoms with E-state index in [4.69, 9.17) is 0 Å². The highest BCUT2D eigenvalue weighted by atomic mass is 15.1. The van der Waals surface area contributed by atoms with Gasteiger partial charge in [0.15, 0.2) is 0 Å². The zero-order chi connectivity index (χ0) is 25.8. The van der Waals surface area contributed by atoms with Crippen molar-refractivity contribution >= 4 is 62.0 Å². The fourth-order valence-corrected chi connectivity index (χ4v) is 6.41. The van der Waals surface area contributed by atoms with Gasteiger partial charge in [0.2, 0.25) is 6.71 Å². The van der Waals surface area contributed by atoms with Gasteiger partial charge in [-0.3, -0.25) is 0 Å². The van der Waals surface area contributed by atoms with E-state index < -0.39 is 0 Å². The molecule has 8 rings (SSSR count). The molecule has 2 nitrogen and oxygen atoms in total. The molecule has 0 amide bonds. The van der Waals surface area contributed by atoms with Crippen LogP contribution in [0.25, 0.3) is 27.5 Å². The van der Waals surface area contributed by atoms with Crippen LogP contribution in [-0.2, 0) is 0 Å². The van der Waals surface area contributed by atoms with Crippen molar-refractivity contribution in [2.24, 2.45) is 0 Å². The molecule has 1 aromatic heterocycles. The Balaban J connectivity index is 1.31. The SMILES string of the molecule is c1ccc(N(c2ccccc2)c2ccc(B3c4ccccc4-n4c5ccccc5c5cccc3c54)cc2)cc1. The summed E-state index contributed by atoms with van der Waals surface area (Å²) in [5.41, 5.74) is 11.3. The Morgan fingerprint density at radius 1 is 0.436 bits per heavy atom. The average molecular weight is 496 g/mol. The maximum atomic E-state index is 2.47. The number of fused-ring (bicyclic) bond motifs is 5. The van der Waals surface area contributed by atoms with Crippen LogP contribution < -0.4 is 21.3 Å². The fraction of sp³-hybridized carbons (Fsp3) is 0. The van der Waals surface area contributed by atoms with Gasteiger partial charge in [0.25, 0.3) is 0 Å². The summed E-state index contributed by atoms with van der Waals surface area (Å²) in [7, 11) is 0. The van der Waals surface area contributed by atoms with Crippen LogP contribution in [0.5, 0.6) is 0 Å². The molecule has 0 atom stereocenters. The van der Waals surface area contributed by atoms with Gasteiger partial charge in [-0.1, -0.05) is 109 Å². The maximum Gasteiger partial charge on any atom is 0.246 e. The third-order valence-electron chi connectivity index (χ3n) is 8.04. The summed E-state index contributed by atoms with van der Waals surface area (Å²) in [5.74, 6) is 0. The monoisotopic (exact) mass is 496 g/mol. The first-order valence-electron chi connectivity index (χ1n) is 13.5. The predicted octanol–water partition coefficient (Wildman–Crippen LogP) is 7.08. The van der Waals surface area contributed by atoms with Gasteiger partial charge in [0, 0.05) is 39.0 Å². The van der Waals surface area contributed by atoms with Gasteiger partial charge in [0.1, 0.15) is 0 Å². The highest BCUT2D eigenvalue weighted by Gasteiger charge is 2.33. The number of anilines is 3. The molecule has 0 aliphatic carbocycles. The van der Waals surface area contributed by atoms with Crippen molar-refractivity contribution in [1.29, 1.82) is 0 Å². The van der Waals surface area contributed by atoms with Crippen LogP contribution in [0.4, 0.5) is 17.1 Å². The standard InChI is InChI=1S/C36H25BN2/c1-3-12-27(13-4-1)38(28-14-5-2-6-15-28)29-24-22-26(23-25-29)37-32-18-8-10-21-35(32)39-34-20-9-7-16-30(34)31-17-11-19-33(37)36(31)39/h1-25H. The van der Waals surface area contributed by atoms with Gasteiger partial charge in [-0.05, 0) is 59.5 Å². The molecule has 7 aromatic rings. The summed E-state index contributed by atoms with van der Waals surface area (Å²) in [5, 5.41) is 2.63. The Labute approximate surface area is 228 Å². The van der Waals surface area contributed by atoms with E-state index in [2.05, 4.69) is 161 Å². The number of hydrogen-bond donors (Lipinski definition) is 0. The molecule has 0 spiro atoms. The van der Waals surface area contributed by atoms with Crippen LogP contribution >= 0.6 is 0 Å². The molecule has 3 heteroatoms. The van der Waals surface area contributed by atoms with Gasteiger partial charge < -0.3 is 9.47 Å². The van der Waals surface area contributed by atoms with Gasteiger partial charge in [-0.25, -0.2) is 0 Å². The van der Waals surface area contributed by atoms with Gasteiger partial charge in [-0.15, -0.1) is 0 Å². The third kappa shape index (κ3) is 3.37. The first-order valence-corrected chi connectivity index (χ1v) is 13.5. The van der Waals surface area contributed by atoms with Gasteiger partial charge in [-0.2, -0.15) is 0 Å². The largest absolute Gasteiger partial charge is 0.311 e. The van der Waals surface area contributed by atoms with Crippen LogP contribution in [0.15, 0.2) is 152 Å². The molecule has 0 bridgehead atoms. The number of aromatic nitrogens is 1. The predicted molar refractivity (Wildman–Crippen MR) is 167 cm³/mol. The number of rotatable bonds is 4. The van der Waals surface area contributed by atoms with E-state index in [1.165, 1.54) is 43.9 Å². The maximum absolute atomic E-state index is 2.47. The molecule has 6 aromatic carbocycles. The molecular formula is C36H25BN2. The Kier molecular flexibility index (Phi) is 4.96. The molecule has 39 heavy (non-hydrogen) atoms. The molecular weight excluding hydrogens is 471 g/mol. The number of para-hydroxylation sites is 5. The van der Waals surface area contributed by atoms with Crippen LogP contribution in [0.2, 0.25) is 0 Å². The molecule has 0 saturated heterocycles. The third-order valence-corrected chi connectivity index (χ3v) is 8.04. The zero-order valence-corrected chi connectivity index (χ0v) is 21.4. The second-order valence-corrected chi connectivity index (χ2v) is 10.2. The van der Waals surface area contributed by atoms with Crippen LogP contribution in [-0.4, -0.2) is 11.3 Å². The van der Waals surface area contributed by atoms with Crippen molar-refractivity contribution in [3.63, 3.8) is 0 Å². The lowest BCUT2D eigenvalue weighted by molar-refractivity contribution is 1.19. The van der Waals surface area contributed by atoms with E-state index in [1.807, 2.05) is 0 Å². The molecule has 0 radical (unpaired) electrons. The first kappa shape index (κ1) is 22.0. The fourth-order valence-electron chi connectivity index (χ4n) is 6.41. The second kappa shape index (κ2) is 8.78. The minimum atomic E-state index is 0.165. The van der Waals surface area contributed by atoms with Crippen molar-refractivity contribution in [3.05, 3.63) is 152 Å². The normalized spacial score (nSPS) is 12.1. The van der Waals surface area contributed by atoms with Crippen LogP contribution in [0.1, 0.15) is 0 Å². The summed E-state index contributed by atoms with van der Waals surface area (Å²) < 4.78 is 2.47. The minimum Gasteiger partial charge on any atom is -0.311 e. The van der Waals surface area contributed by atoms with E-state index in [0.717, 1.165) is 17.1 Å². The van der Waals surface area contributed by atoms with E-state index in [1.54, 1.807) is 0 Å². The Bertz CT molecular complexity index is 1920. The van der Waals surface area contributed by atoms with E-state index >= 15 is 0 Å². The summed E-state index contributed by atoms with van der Waals surface area (Å²) in [6.07, 6.45) is 0. The van der Waals surface area contributed by atoms with Crippen LogP contribution in [0.3, 0.4) is 0 Å². The molecule has 0 N–H and O–H groups in total. The second-order valence-electron chi connectivity index (χ2n) is 10.2. The van der Waals surface area contributed by atoms with E-state index in [9.17, 15) is 0 Å². The number of hydrogen-bond acceptors (Lipinski definition) is 1. The Morgan fingerprint density at radius 2 is 1.00 bits per heavy atom. The molecule has 2 heterocycles. The quantitative estimate of drug-likeness (QED) is 0.236. The summed E-state index contributed by atoms with van der Waals surface area (Å²) >= 11 is 0. The average Bonchev–Trinajstić information content (AvgIpc) is 3.35. The molecule has 182 valence electrons. The lowest BCUT2D eigenvalue weighted by atomic mass is 9.35. The highest BCUT2D eigenvalue weighted by molar-refractivity contribution is 6.98. The molecule has 1 aliphatic heterocycles. The molecule has 1 aliphatic rings. The summed E-state index contributed by atoms with van der Waals surface area (Å²) in [6.45, 7) is 0.165. The molecule has 0 unspecified atom stereocenters. The summed E-state index contributed by atoms with van der Waals surface area (Å²) in [4.78, 5) is 2.32. The summed E-state index contributed by atoms with van der Waals surface area (Å²) in [6, 6.07) is 54.8. The number of benzene rings is 6. The van der Waals surface area contributed by atoms with Crippen molar-refractivity contribution in [1.82, 2.24) is 4.57 Å². The Morgan fingerprint density at radius 3 is 1.74 bits per heavy atom. The van der Waals surface area contributed by atoms with Crippen molar-refractivity contribution in [2.45, 2.75) is 0 Å². The molecule has 0 saturated carbocycles.